The maximum absolute atomic E-state index is 12.5. The van der Waals surface area contributed by atoms with Crippen molar-refractivity contribution in [2.75, 3.05) is 5.75 Å². The topological polar surface area (TPSA) is 80.4 Å². The van der Waals surface area contributed by atoms with Gasteiger partial charge in [-0.25, -0.2) is 4.39 Å². The molecule has 3 N–H and O–H groups in total. The van der Waals surface area contributed by atoms with E-state index < -0.39 is 27.7 Å². The molecule has 0 saturated carbocycles. The zero-order valence-electron chi connectivity index (χ0n) is 7.22. The van der Waals surface area contributed by atoms with Crippen LogP contribution in [0.3, 0.4) is 0 Å². The molecule has 0 radical (unpaired) electrons. The van der Waals surface area contributed by atoms with Crippen LogP contribution in [0.2, 0.25) is 0 Å². The normalized spacial score (nSPS) is 13.9. The maximum Gasteiger partial charge on any atom is 0.266 e. The Labute approximate surface area is 81.3 Å². The maximum atomic E-state index is 12.5. The van der Waals surface area contributed by atoms with E-state index >= 15 is 0 Å². The fraction of sp³-hybridized carbons (Fsp3) is 0.250. The van der Waals surface area contributed by atoms with Crippen LogP contribution in [-0.2, 0) is 10.1 Å². The Kier molecular flexibility index (Phi) is 3.20. The molecule has 0 spiro atoms. The number of hydrogen-bond donors (Lipinski definition) is 2. The molecule has 0 aliphatic carbocycles. The first-order chi connectivity index (χ1) is 6.38. The number of benzene rings is 1. The fourth-order valence-corrected chi connectivity index (χ4v) is 1.68. The van der Waals surface area contributed by atoms with Crippen LogP contribution in [0.4, 0.5) is 4.39 Å². The van der Waals surface area contributed by atoms with Crippen LogP contribution in [0.5, 0.6) is 0 Å². The predicted octanol–water partition coefficient (Wildman–Crippen LogP) is 0.713. The first kappa shape index (κ1) is 11.1. The van der Waals surface area contributed by atoms with Crippen LogP contribution in [0.25, 0.3) is 0 Å². The van der Waals surface area contributed by atoms with Crippen molar-refractivity contribution in [2.45, 2.75) is 6.04 Å². The minimum absolute atomic E-state index is 0.423. The third kappa shape index (κ3) is 3.41. The summed E-state index contributed by atoms with van der Waals surface area (Å²) in [5.41, 5.74) is 5.93. The first-order valence-corrected chi connectivity index (χ1v) is 5.45. The summed E-state index contributed by atoms with van der Waals surface area (Å²) in [5.74, 6) is -0.994. The lowest BCUT2D eigenvalue weighted by atomic mass is 10.1. The summed E-state index contributed by atoms with van der Waals surface area (Å²) < 4.78 is 42.0. The molecule has 6 heteroatoms. The Hall–Kier alpha value is -0.980. The summed E-state index contributed by atoms with van der Waals surface area (Å²) in [6.07, 6.45) is 0. The van der Waals surface area contributed by atoms with Gasteiger partial charge < -0.3 is 5.73 Å². The Morgan fingerprint density at radius 2 is 1.86 bits per heavy atom. The smallest absolute Gasteiger partial charge is 0.266 e. The third-order valence-corrected chi connectivity index (χ3v) is 2.47. The van der Waals surface area contributed by atoms with E-state index in [0.29, 0.717) is 5.56 Å². The minimum atomic E-state index is -4.10. The highest BCUT2D eigenvalue weighted by Crippen LogP contribution is 2.12. The molecule has 0 aliphatic rings. The van der Waals surface area contributed by atoms with Crippen LogP contribution < -0.4 is 5.73 Å². The van der Waals surface area contributed by atoms with Crippen molar-refractivity contribution in [1.82, 2.24) is 0 Å². The van der Waals surface area contributed by atoms with Gasteiger partial charge in [0.1, 0.15) is 5.82 Å². The van der Waals surface area contributed by atoms with Crippen LogP contribution in [-0.4, -0.2) is 18.7 Å². The largest absolute Gasteiger partial charge is 0.323 e. The molecule has 0 heterocycles. The lowest BCUT2D eigenvalue weighted by Gasteiger charge is -2.09. The van der Waals surface area contributed by atoms with Gasteiger partial charge in [-0.3, -0.25) is 4.55 Å². The Morgan fingerprint density at radius 3 is 2.29 bits per heavy atom. The highest BCUT2D eigenvalue weighted by molar-refractivity contribution is 7.85. The van der Waals surface area contributed by atoms with Crippen LogP contribution >= 0.6 is 0 Å². The summed E-state index contributed by atoms with van der Waals surface area (Å²) in [5, 5.41) is 0. The molecule has 4 nitrogen and oxygen atoms in total. The Bertz CT molecular complexity index is 401. The molecular weight excluding hydrogens is 209 g/mol. The van der Waals surface area contributed by atoms with Crippen LogP contribution in [0.1, 0.15) is 11.6 Å². The van der Waals surface area contributed by atoms with Gasteiger partial charge in [0.05, 0.1) is 5.75 Å². The van der Waals surface area contributed by atoms with Gasteiger partial charge in [0.2, 0.25) is 0 Å². The van der Waals surface area contributed by atoms with Gasteiger partial charge in [-0.2, -0.15) is 8.42 Å². The first-order valence-electron chi connectivity index (χ1n) is 3.85. The van der Waals surface area contributed by atoms with Crippen LogP contribution in [0, 0.1) is 5.82 Å². The van der Waals surface area contributed by atoms with Crippen molar-refractivity contribution >= 4 is 10.1 Å². The molecule has 1 unspecified atom stereocenters. The quantitative estimate of drug-likeness (QED) is 0.734. The van der Waals surface area contributed by atoms with E-state index in [0.717, 1.165) is 0 Å². The molecule has 0 aliphatic heterocycles. The van der Waals surface area contributed by atoms with Gasteiger partial charge >= 0.3 is 0 Å². The van der Waals surface area contributed by atoms with E-state index in [4.69, 9.17) is 10.3 Å². The number of nitrogens with two attached hydrogens (primary N) is 1. The van der Waals surface area contributed by atoms with Crippen molar-refractivity contribution in [3.8, 4) is 0 Å². The second kappa shape index (κ2) is 4.04. The zero-order valence-corrected chi connectivity index (χ0v) is 8.04. The monoisotopic (exact) mass is 219 g/mol. The summed E-state index contributed by atoms with van der Waals surface area (Å²) >= 11 is 0. The third-order valence-electron chi connectivity index (χ3n) is 1.69. The molecule has 1 atom stereocenters. The van der Waals surface area contributed by atoms with E-state index in [9.17, 15) is 12.8 Å². The predicted molar refractivity (Wildman–Crippen MR) is 49.7 cm³/mol. The van der Waals surface area contributed by atoms with Gasteiger partial charge in [-0.15, -0.1) is 0 Å². The molecule has 1 aromatic carbocycles. The lowest BCUT2D eigenvalue weighted by molar-refractivity contribution is 0.478. The van der Waals surface area contributed by atoms with Gasteiger partial charge in [-0.05, 0) is 17.7 Å². The summed E-state index contributed by atoms with van der Waals surface area (Å²) in [6, 6.07) is 4.28. The van der Waals surface area contributed by atoms with Gasteiger partial charge in [0.25, 0.3) is 10.1 Å². The van der Waals surface area contributed by atoms with Crippen molar-refractivity contribution in [2.24, 2.45) is 5.73 Å². The molecule has 0 bridgehead atoms. The van der Waals surface area contributed by atoms with Gasteiger partial charge in [0.15, 0.2) is 0 Å². The van der Waals surface area contributed by atoms with Crippen molar-refractivity contribution < 1.29 is 17.4 Å². The van der Waals surface area contributed by atoms with Crippen molar-refractivity contribution in [1.29, 1.82) is 0 Å². The lowest BCUT2D eigenvalue weighted by Crippen LogP contribution is -2.21. The number of rotatable bonds is 3. The highest BCUT2D eigenvalue weighted by Gasteiger charge is 2.14. The van der Waals surface area contributed by atoms with E-state index in [-0.39, 0.29) is 0 Å². The SMILES string of the molecule is NC(CS(=O)(=O)O)c1ccc(F)cc1. The molecule has 0 aromatic heterocycles. The average molecular weight is 219 g/mol. The standard InChI is InChI=1S/C8H10FNO3S/c9-7-3-1-6(2-4-7)8(10)5-14(11,12)13/h1-4,8H,5,10H2,(H,11,12,13). The second-order valence-corrected chi connectivity index (χ2v) is 4.40. The van der Waals surface area contributed by atoms with Gasteiger partial charge in [0, 0.05) is 6.04 Å². The molecule has 0 saturated heterocycles. The van der Waals surface area contributed by atoms with Crippen molar-refractivity contribution in [3.05, 3.63) is 35.6 Å². The molecule has 1 rings (SSSR count). The molecule has 14 heavy (non-hydrogen) atoms. The van der Waals surface area contributed by atoms with Crippen LogP contribution in [0.15, 0.2) is 24.3 Å². The second-order valence-electron chi connectivity index (χ2n) is 2.91. The Morgan fingerprint density at radius 1 is 1.36 bits per heavy atom. The molecule has 1 aromatic rings. The zero-order chi connectivity index (χ0) is 10.8. The molecule has 0 amide bonds. The molecule has 78 valence electrons. The van der Waals surface area contributed by atoms with E-state index in [1.165, 1.54) is 24.3 Å². The summed E-state index contributed by atoms with van der Waals surface area (Å²) in [7, 11) is -4.10. The highest BCUT2D eigenvalue weighted by atomic mass is 32.2. The average Bonchev–Trinajstić information content (AvgIpc) is 2.02. The summed E-state index contributed by atoms with van der Waals surface area (Å²) in [6.45, 7) is 0. The van der Waals surface area contributed by atoms with E-state index in [1.807, 2.05) is 0 Å². The number of halogens is 1. The number of hydrogen-bond acceptors (Lipinski definition) is 3. The fourth-order valence-electron chi connectivity index (χ4n) is 1.03. The molecular formula is C8H10FNO3S. The molecule has 0 fully saturated rings. The van der Waals surface area contributed by atoms with Crippen molar-refractivity contribution in [3.63, 3.8) is 0 Å². The summed E-state index contributed by atoms with van der Waals surface area (Å²) in [4.78, 5) is 0. The van der Waals surface area contributed by atoms with E-state index in [1.54, 1.807) is 0 Å². The van der Waals surface area contributed by atoms with E-state index in [2.05, 4.69) is 0 Å². The minimum Gasteiger partial charge on any atom is -0.323 e. The van der Waals surface area contributed by atoms with Gasteiger partial charge in [-0.1, -0.05) is 12.1 Å². The Balaban J connectivity index is 2.80.